The molecule has 1 saturated heterocycles. The summed E-state index contributed by atoms with van der Waals surface area (Å²) >= 11 is 3.08. The third-order valence-corrected chi connectivity index (χ3v) is 6.54. The van der Waals surface area contributed by atoms with Gasteiger partial charge in [0, 0.05) is 29.2 Å². The van der Waals surface area contributed by atoms with Crippen LogP contribution in [0.2, 0.25) is 0 Å². The molecule has 0 radical (unpaired) electrons. The van der Waals surface area contributed by atoms with Crippen LogP contribution in [0.25, 0.3) is 0 Å². The van der Waals surface area contributed by atoms with Gasteiger partial charge in [0.05, 0.1) is 6.61 Å². The molecule has 1 aromatic carbocycles. The van der Waals surface area contributed by atoms with Crippen LogP contribution >= 0.6 is 23.1 Å². The van der Waals surface area contributed by atoms with Crippen molar-refractivity contribution >= 4 is 40.0 Å². The number of thioether (sulfide) groups is 1. The number of nitrogens with zero attached hydrogens (tertiary/aromatic N) is 2. The van der Waals surface area contributed by atoms with E-state index >= 15 is 0 Å². The van der Waals surface area contributed by atoms with Crippen LogP contribution in [0.1, 0.15) is 49.5 Å². The number of hydrogen-bond acceptors (Lipinski definition) is 7. The van der Waals surface area contributed by atoms with Gasteiger partial charge in [-0.05, 0) is 18.6 Å². The summed E-state index contributed by atoms with van der Waals surface area (Å²) in [5.41, 5.74) is 5.89. The van der Waals surface area contributed by atoms with Crippen molar-refractivity contribution in [1.29, 1.82) is 0 Å². The van der Waals surface area contributed by atoms with Crippen LogP contribution in [0.3, 0.4) is 0 Å². The quantitative estimate of drug-likeness (QED) is 0.724. The number of thiazole rings is 1. The van der Waals surface area contributed by atoms with Crippen molar-refractivity contribution in [2.24, 2.45) is 10.9 Å². The van der Waals surface area contributed by atoms with Gasteiger partial charge in [0.15, 0.2) is 5.17 Å². The number of anilines is 1. The zero-order chi connectivity index (χ0) is 21.3. The Bertz CT molecular complexity index is 810. The predicted octanol–water partition coefficient (Wildman–Crippen LogP) is 4.54. The molecule has 3 N–H and O–H groups in total. The number of hydrogen-bond donors (Lipinski definition) is 2. The number of nitrogens with one attached hydrogen (secondary N) is 1. The first-order valence-electron chi connectivity index (χ1n) is 10.1. The van der Waals surface area contributed by atoms with E-state index in [2.05, 4.69) is 10.3 Å². The maximum absolute atomic E-state index is 12.4. The monoisotopic (exact) mass is 434 g/mol. The maximum atomic E-state index is 12.4. The molecule has 4 rings (SSSR count). The lowest BCUT2D eigenvalue weighted by atomic mass is 9.82. The molecule has 2 aliphatic heterocycles. The fourth-order valence-electron chi connectivity index (χ4n) is 3.14. The number of nitrogen functional groups attached to an aromatic ring is 1. The number of ether oxygens (including phenoxy) is 1. The molecule has 6 nitrogen and oxygen atoms in total. The number of benzene rings is 1. The van der Waals surface area contributed by atoms with E-state index in [0.717, 1.165) is 23.8 Å². The lowest BCUT2D eigenvalue weighted by molar-refractivity contribution is 0.00436. The Morgan fingerprint density at radius 3 is 2.62 bits per heavy atom. The third kappa shape index (κ3) is 5.38. The summed E-state index contributed by atoms with van der Waals surface area (Å²) in [6, 6.07) is 9.14. The summed E-state index contributed by atoms with van der Waals surface area (Å²) in [5.74, 6) is 1.54. The predicted molar refractivity (Wildman–Crippen MR) is 124 cm³/mol. The molecule has 29 heavy (non-hydrogen) atoms. The molecule has 158 valence electrons. The van der Waals surface area contributed by atoms with E-state index in [4.69, 9.17) is 15.5 Å². The van der Waals surface area contributed by atoms with Gasteiger partial charge < -0.3 is 15.8 Å². The Kier molecular flexibility index (Phi) is 9.13. The van der Waals surface area contributed by atoms with E-state index in [1.807, 2.05) is 51.3 Å². The van der Waals surface area contributed by atoms with Gasteiger partial charge in [-0.3, -0.25) is 4.79 Å². The molecule has 0 aliphatic carbocycles. The van der Waals surface area contributed by atoms with Crippen molar-refractivity contribution < 1.29 is 9.53 Å². The van der Waals surface area contributed by atoms with Crippen molar-refractivity contribution in [1.82, 2.24) is 10.3 Å². The van der Waals surface area contributed by atoms with Gasteiger partial charge in [-0.2, -0.15) is 0 Å². The number of fused-ring (bicyclic) bond motifs is 1. The van der Waals surface area contributed by atoms with Crippen LogP contribution in [0, 0.1) is 5.92 Å². The average molecular weight is 435 g/mol. The van der Waals surface area contributed by atoms with E-state index < -0.39 is 5.54 Å². The Labute approximate surface area is 181 Å². The minimum atomic E-state index is -0.551. The van der Waals surface area contributed by atoms with Gasteiger partial charge in [-0.1, -0.05) is 57.7 Å². The second-order valence-electron chi connectivity index (χ2n) is 6.09. The molecule has 0 spiro atoms. The summed E-state index contributed by atoms with van der Waals surface area (Å²) in [5, 5.41) is 6.24. The van der Waals surface area contributed by atoms with Crippen LogP contribution in [0.15, 0.2) is 40.7 Å². The third-order valence-electron chi connectivity index (χ3n) is 4.48. The van der Waals surface area contributed by atoms with E-state index in [1.165, 1.54) is 11.3 Å². The van der Waals surface area contributed by atoms with Crippen LogP contribution in [0.5, 0.6) is 0 Å². The molecule has 0 saturated carbocycles. The summed E-state index contributed by atoms with van der Waals surface area (Å²) < 4.78 is 5.74. The Morgan fingerprint density at radius 1 is 1.24 bits per heavy atom. The molecule has 1 aromatic heterocycles. The molecule has 2 aliphatic rings. The van der Waals surface area contributed by atoms with Crippen LogP contribution in [-0.4, -0.2) is 35.0 Å². The summed E-state index contributed by atoms with van der Waals surface area (Å²) in [6.45, 7) is 9.20. The number of carbonyl (C=O) groups is 1. The van der Waals surface area contributed by atoms with E-state index in [0.29, 0.717) is 29.1 Å². The summed E-state index contributed by atoms with van der Waals surface area (Å²) in [7, 11) is 0. The fourth-order valence-corrected chi connectivity index (χ4v) is 5.25. The Hall–Kier alpha value is -1.90. The van der Waals surface area contributed by atoms with Crippen LogP contribution in [-0.2, 0) is 10.3 Å². The minimum Gasteiger partial charge on any atom is -0.383 e. The van der Waals surface area contributed by atoms with Gasteiger partial charge in [0.2, 0.25) is 0 Å². The molecule has 3 heterocycles. The second-order valence-corrected chi connectivity index (χ2v) is 7.95. The standard InChI is InChI=1S/C17H18N4O2S2.2C2H6/c18-13-9-24-15(19-13)17-10-23-7-6-12(17)8-25-16(21-17)20-14(22)11-4-2-1-3-5-11;2*1-2/h1-5,9,12H,6-8,10,18H2,(H,20,21,22);2*1-2H3. The molecule has 2 unspecified atom stereocenters. The number of nitrogens with two attached hydrogens (primary N) is 1. The number of rotatable bonds is 2. The van der Waals surface area contributed by atoms with Gasteiger partial charge in [0.1, 0.15) is 16.4 Å². The van der Waals surface area contributed by atoms with Gasteiger partial charge >= 0.3 is 0 Å². The van der Waals surface area contributed by atoms with Gasteiger partial charge in [-0.15, -0.1) is 11.3 Å². The highest BCUT2D eigenvalue weighted by Gasteiger charge is 2.48. The molecular weight excluding hydrogens is 404 g/mol. The minimum absolute atomic E-state index is 0.157. The number of carbonyl (C=O) groups excluding carboxylic acids is 1. The van der Waals surface area contributed by atoms with Crippen molar-refractivity contribution in [3.63, 3.8) is 0 Å². The fraction of sp³-hybridized carbons (Fsp3) is 0.476. The molecule has 8 heteroatoms. The molecule has 2 aromatic rings. The number of amides is 1. The average Bonchev–Trinajstić information content (AvgIpc) is 3.24. The second kappa shape index (κ2) is 11.3. The molecular formula is C21H30N4O2S2. The Morgan fingerprint density at radius 2 is 1.97 bits per heavy atom. The highest BCUT2D eigenvalue weighted by molar-refractivity contribution is 8.13. The van der Waals surface area contributed by atoms with Gasteiger partial charge in [-0.25, -0.2) is 9.98 Å². The highest BCUT2D eigenvalue weighted by Crippen LogP contribution is 2.45. The highest BCUT2D eigenvalue weighted by atomic mass is 32.2. The summed E-state index contributed by atoms with van der Waals surface area (Å²) in [6.07, 6.45) is 0.926. The molecule has 1 amide bonds. The van der Waals surface area contributed by atoms with Crippen LogP contribution in [0.4, 0.5) is 5.82 Å². The van der Waals surface area contributed by atoms with Gasteiger partial charge in [0.25, 0.3) is 5.91 Å². The maximum Gasteiger partial charge on any atom is 0.257 e. The zero-order valence-electron chi connectivity index (χ0n) is 17.5. The molecule has 1 fully saturated rings. The number of aromatic nitrogens is 1. The largest absolute Gasteiger partial charge is 0.383 e. The van der Waals surface area contributed by atoms with Crippen molar-refractivity contribution in [2.45, 2.75) is 39.7 Å². The number of amidine groups is 1. The van der Waals surface area contributed by atoms with Crippen molar-refractivity contribution in [2.75, 3.05) is 24.7 Å². The van der Waals surface area contributed by atoms with Crippen molar-refractivity contribution in [3.05, 3.63) is 46.3 Å². The zero-order valence-corrected chi connectivity index (χ0v) is 19.1. The number of aliphatic imine (C=N–C) groups is 1. The topological polar surface area (TPSA) is 89.6 Å². The lowest BCUT2D eigenvalue weighted by Gasteiger charge is -2.42. The first-order chi connectivity index (χ1) is 14.2. The van der Waals surface area contributed by atoms with E-state index in [-0.39, 0.29) is 5.91 Å². The van der Waals surface area contributed by atoms with Crippen LogP contribution < -0.4 is 11.1 Å². The van der Waals surface area contributed by atoms with E-state index in [1.54, 1.807) is 23.9 Å². The smallest absolute Gasteiger partial charge is 0.257 e. The first kappa shape index (κ1) is 23.4. The first-order valence-corrected chi connectivity index (χ1v) is 11.9. The Balaban J connectivity index is 0.000000707. The normalized spacial score (nSPS) is 22.6. The lowest BCUT2D eigenvalue weighted by Crippen LogP contribution is -2.48. The molecule has 2 atom stereocenters. The van der Waals surface area contributed by atoms with Crippen molar-refractivity contribution in [3.8, 4) is 0 Å². The SMILES string of the molecule is CC.CC.Nc1csc(C23COCCC2CSC(NC(=O)c2ccccc2)=N3)n1. The van der Waals surface area contributed by atoms with E-state index in [9.17, 15) is 4.79 Å². The summed E-state index contributed by atoms with van der Waals surface area (Å²) in [4.78, 5) is 21.8. The molecule has 0 bridgehead atoms.